The van der Waals surface area contributed by atoms with Gasteiger partial charge in [-0.15, -0.1) is 0 Å². The normalized spacial score (nSPS) is 18.6. The first-order valence-corrected chi connectivity index (χ1v) is 7.20. The molecule has 0 atom stereocenters. The zero-order valence-electron chi connectivity index (χ0n) is 12.4. The van der Waals surface area contributed by atoms with Crippen LogP contribution in [0.4, 0.5) is 0 Å². The fourth-order valence-electron chi connectivity index (χ4n) is 2.45. The largest absolute Gasteiger partial charge is 0.382 e. The van der Waals surface area contributed by atoms with E-state index in [2.05, 4.69) is 5.32 Å². The molecule has 5 nitrogen and oxygen atoms in total. The maximum absolute atomic E-state index is 5.65. The molecule has 0 aromatic carbocycles. The zero-order chi connectivity index (χ0) is 13.8. The van der Waals surface area contributed by atoms with Crippen LogP contribution in [-0.4, -0.2) is 67.0 Å². The van der Waals surface area contributed by atoms with E-state index in [1.54, 1.807) is 7.11 Å². The maximum Gasteiger partial charge on any atom is 0.0701 e. The van der Waals surface area contributed by atoms with Crippen molar-refractivity contribution < 1.29 is 18.9 Å². The van der Waals surface area contributed by atoms with Crippen molar-refractivity contribution in [2.24, 2.45) is 5.41 Å². The Morgan fingerprint density at radius 2 is 1.63 bits per heavy atom. The molecule has 0 saturated carbocycles. The smallest absolute Gasteiger partial charge is 0.0701 e. The molecule has 1 rings (SSSR count). The quantitative estimate of drug-likeness (QED) is 0.572. The van der Waals surface area contributed by atoms with E-state index in [1.807, 2.05) is 7.05 Å². The van der Waals surface area contributed by atoms with E-state index in [9.17, 15) is 0 Å². The molecule has 5 heteroatoms. The summed E-state index contributed by atoms with van der Waals surface area (Å²) in [6.07, 6.45) is 3.35. The number of hydrogen-bond donors (Lipinski definition) is 1. The van der Waals surface area contributed by atoms with Crippen LogP contribution in [0, 0.1) is 5.41 Å². The third-order valence-electron chi connectivity index (χ3n) is 3.69. The maximum atomic E-state index is 5.65. The summed E-state index contributed by atoms with van der Waals surface area (Å²) in [4.78, 5) is 0. The molecule has 0 aromatic heterocycles. The number of ether oxygens (including phenoxy) is 4. The highest BCUT2D eigenvalue weighted by Gasteiger charge is 2.31. The first kappa shape index (κ1) is 16.9. The molecular formula is C14H29NO4. The Balaban J connectivity index is 2.05. The van der Waals surface area contributed by atoms with Crippen LogP contribution in [0.2, 0.25) is 0 Å². The second kappa shape index (κ2) is 10.6. The summed E-state index contributed by atoms with van der Waals surface area (Å²) in [5.41, 5.74) is 0.351. The van der Waals surface area contributed by atoms with Gasteiger partial charge in [-0.1, -0.05) is 0 Å². The van der Waals surface area contributed by atoms with Crippen LogP contribution in [0.25, 0.3) is 0 Å². The third-order valence-corrected chi connectivity index (χ3v) is 3.69. The van der Waals surface area contributed by atoms with Crippen LogP contribution in [0.3, 0.4) is 0 Å². The van der Waals surface area contributed by atoms with Gasteiger partial charge in [0.15, 0.2) is 0 Å². The molecule has 0 unspecified atom stereocenters. The van der Waals surface area contributed by atoms with Gasteiger partial charge in [-0.05, 0) is 31.7 Å². The Labute approximate surface area is 116 Å². The van der Waals surface area contributed by atoms with Crippen molar-refractivity contribution in [2.75, 3.05) is 67.0 Å². The molecule has 114 valence electrons. The molecule has 0 amide bonds. The molecule has 1 N–H and O–H groups in total. The minimum Gasteiger partial charge on any atom is -0.382 e. The Kier molecular flexibility index (Phi) is 9.38. The van der Waals surface area contributed by atoms with Crippen molar-refractivity contribution in [2.45, 2.75) is 19.3 Å². The van der Waals surface area contributed by atoms with Crippen LogP contribution in [-0.2, 0) is 18.9 Å². The van der Waals surface area contributed by atoms with Crippen LogP contribution >= 0.6 is 0 Å². The topological polar surface area (TPSA) is 49.0 Å². The lowest BCUT2D eigenvalue weighted by Crippen LogP contribution is -2.39. The average Bonchev–Trinajstić information content (AvgIpc) is 2.43. The van der Waals surface area contributed by atoms with Crippen molar-refractivity contribution >= 4 is 0 Å². The standard InChI is InChI=1S/C14H29NO4/c1-15-13-14(3-6-17-7-4-14)5-8-18-11-12-19-10-9-16-2/h15H,3-13H2,1-2H3. The summed E-state index contributed by atoms with van der Waals surface area (Å²) < 4.78 is 21.4. The van der Waals surface area contributed by atoms with E-state index in [-0.39, 0.29) is 0 Å². The van der Waals surface area contributed by atoms with E-state index >= 15 is 0 Å². The number of methoxy groups -OCH3 is 1. The van der Waals surface area contributed by atoms with Gasteiger partial charge in [-0.3, -0.25) is 0 Å². The highest BCUT2D eigenvalue weighted by atomic mass is 16.5. The highest BCUT2D eigenvalue weighted by molar-refractivity contribution is 4.83. The SMILES string of the molecule is CNCC1(CCOCCOCCOC)CCOCC1. The monoisotopic (exact) mass is 275 g/mol. The van der Waals surface area contributed by atoms with Crippen molar-refractivity contribution in [1.29, 1.82) is 0 Å². The Bertz CT molecular complexity index is 202. The second-order valence-electron chi connectivity index (χ2n) is 5.11. The predicted molar refractivity (Wildman–Crippen MR) is 74.5 cm³/mol. The minimum atomic E-state index is 0.351. The molecule has 1 aliphatic heterocycles. The minimum absolute atomic E-state index is 0.351. The van der Waals surface area contributed by atoms with Gasteiger partial charge < -0.3 is 24.3 Å². The predicted octanol–water partition coefficient (Wildman–Crippen LogP) is 1.07. The molecular weight excluding hydrogens is 246 g/mol. The van der Waals surface area contributed by atoms with E-state index in [0.717, 1.165) is 45.6 Å². The fraction of sp³-hybridized carbons (Fsp3) is 1.00. The second-order valence-corrected chi connectivity index (χ2v) is 5.11. The van der Waals surface area contributed by atoms with Crippen LogP contribution in [0.5, 0.6) is 0 Å². The summed E-state index contributed by atoms with van der Waals surface area (Å²) in [5.74, 6) is 0. The molecule has 0 aromatic rings. The van der Waals surface area contributed by atoms with Gasteiger partial charge in [0, 0.05) is 33.5 Å². The molecule has 0 aliphatic carbocycles. The Morgan fingerprint density at radius 3 is 2.26 bits per heavy atom. The molecule has 0 radical (unpaired) electrons. The van der Waals surface area contributed by atoms with Gasteiger partial charge >= 0.3 is 0 Å². The third kappa shape index (κ3) is 7.22. The van der Waals surface area contributed by atoms with Crippen LogP contribution in [0.15, 0.2) is 0 Å². The number of nitrogens with one attached hydrogen (secondary N) is 1. The average molecular weight is 275 g/mol. The first-order valence-electron chi connectivity index (χ1n) is 7.20. The molecule has 1 aliphatic rings. The van der Waals surface area contributed by atoms with Crippen LogP contribution in [0.1, 0.15) is 19.3 Å². The van der Waals surface area contributed by atoms with Gasteiger partial charge in [0.25, 0.3) is 0 Å². The van der Waals surface area contributed by atoms with E-state index in [4.69, 9.17) is 18.9 Å². The summed E-state index contributed by atoms with van der Waals surface area (Å²) in [5, 5.41) is 3.30. The van der Waals surface area contributed by atoms with Gasteiger partial charge in [0.05, 0.1) is 26.4 Å². The fourth-order valence-corrected chi connectivity index (χ4v) is 2.45. The number of rotatable bonds is 11. The molecule has 1 saturated heterocycles. The van der Waals surface area contributed by atoms with Crippen molar-refractivity contribution in [3.8, 4) is 0 Å². The zero-order valence-corrected chi connectivity index (χ0v) is 12.4. The van der Waals surface area contributed by atoms with Crippen LogP contribution < -0.4 is 5.32 Å². The lowest BCUT2D eigenvalue weighted by molar-refractivity contribution is -0.0160. The van der Waals surface area contributed by atoms with Crippen molar-refractivity contribution in [1.82, 2.24) is 5.32 Å². The van der Waals surface area contributed by atoms with E-state index in [0.29, 0.717) is 31.8 Å². The molecule has 0 bridgehead atoms. The highest BCUT2D eigenvalue weighted by Crippen LogP contribution is 2.33. The summed E-state index contributed by atoms with van der Waals surface area (Å²) in [6.45, 7) is 6.19. The molecule has 1 heterocycles. The van der Waals surface area contributed by atoms with Gasteiger partial charge in [-0.25, -0.2) is 0 Å². The lowest BCUT2D eigenvalue weighted by Gasteiger charge is -2.37. The van der Waals surface area contributed by atoms with Gasteiger partial charge in [0.2, 0.25) is 0 Å². The first-order chi connectivity index (χ1) is 9.33. The molecule has 19 heavy (non-hydrogen) atoms. The molecule has 0 spiro atoms. The lowest BCUT2D eigenvalue weighted by atomic mass is 9.77. The van der Waals surface area contributed by atoms with Crippen molar-refractivity contribution in [3.05, 3.63) is 0 Å². The Hall–Kier alpha value is -0.200. The Morgan fingerprint density at radius 1 is 1.00 bits per heavy atom. The van der Waals surface area contributed by atoms with E-state index in [1.165, 1.54) is 0 Å². The summed E-state index contributed by atoms with van der Waals surface area (Å²) >= 11 is 0. The summed E-state index contributed by atoms with van der Waals surface area (Å²) in [6, 6.07) is 0. The summed E-state index contributed by atoms with van der Waals surface area (Å²) in [7, 11) is 3.69. The number of hydrogen-bond acceptors (Lipinski definition) is 5. The van der Waals surface area contributed by atoms with E-state index < -0.39 is 0 Å². The van der Waals surface area contributed by atoms with Crippen molar-refractivity contribution in [3.63, 3.8) is 0 Å². The van der Waals surface area contributed by atoms with Gasteiger partial charge in [-0.2, -0.15) is 0 Å². The van der Waals surface area contributed by atoms with Gasteiger partial charge in [0.1, 0.15) is 0 Å². The molecule has 1 fully saturated rings.